The number of nitrogens with zero attached hydrogens (tertiary/aromatic N) is 5. The number of pyridine rings is 3. The first-order valence-electron chi connectivity index (χ1n) is 12.0. The first-order chi connectivity index (χ1) is 18.1. The highest BCUT2D eigenvalue weighted by atomic mass is 35.5. The first kappa shape index (κ1) is 22.1. The van der Waals surface area contributed by atoms with Gasteiger partial charge in [0.1, 0.15) is 16.7 Å². The number of fused-ring (bicyclic) bond motifs is 2. The Morgan fingerprint density at radius 3 is 2.73 bits per heavy atom. The third-order valence-corrected chi connectivity index (χ3v) is 8.01. The van der Waals surface area contributed by atoms with Crippen molar-refractivity contribution in [2.24, 2.45) is 5.92 Å². The van der Waals surface area contributed by atoms with Crippen molar-refractivity contribution in [3.8, 4) is 33.3 Å². The summed E-state index contributed by atoms with van der Waals surface area (Å²) in [5.74, 6) is 1.16. The summed E-state index contributed by atoms with van der Waals surface area (Å²) in [5, 5.41) is 11.0. The van der Waals surface area contributed by atoms with Crippen molar-refractivity contribution in [2.45, 2.75) is 19.3 Å². The molecule has 0 unspecified atom stereocenters. The molecule has 37 heavy (non-hydrogen) atoms. The normalized spacial score (nSPS) is 13.8. The molecule has 6 aromatic rings. The topological polar surface area (TPSA) is 108 Å². The Balaban J connectivity index is 1.26. The quantitative estimate of drug-likeness (QED) is 0.215. The molecule has 3 N–H and O–H groups in total. The minimum atomic E-state index is 0.544. The summed E-state index contributed by atoms with van der Waals surface area (Å²) in [6.07, 6.45) is 9.06. The van der Waals surface area contributed by atoms with Crippen LogP contribution in [0.15, 0.2) is 67.3 Å². The van der Waals surface area contributed by atoms with Crippen LogP contribution in [0.3, 0.4) is 0 Å². The van der Waals surface area contributed by atoms with Crippen molar-refractivity contribution < 1.29 is 0 Å². The fraction of sp³-hybridized carbons (Fsp3) is 0.148. The summed E-state index contributed by atoms with van der Waals surface area (Å²) < 4.78 is 0.709. The number of halogens is 1. The molecule has 0 saturated heterocycles. The Hall–Kier alpha value is -4.08. The third kappa shape index (κ3) is 3.96. The summed E-state index contributed by atoms with van der Waals surface area (Å²) in [7, 11) is 0. The van der Waals surface area contributed by atoms with Crippen LogP contribution in [-0.4, -0.2) is 35.1 Å². The van der Waals surface area contributed by atoms with Crippen LogP contribution in [-0.2, 0) is 0 Å². The van der Waals surface area contributed by atoms with E-state index in [4.69, 9.17) is 21.6 Å². The average Bonchev–Trinajstić information content (AvgIpc) is 3.60. The lowest BCUT2D eigenvalue weighted by Crippen LogP contribution is -2.18. The van der Waals surface area contributed by atoms with Crippen molar-refractivity contribution >= 4 is 50.7 Å². The van der Waals surface area contributed by atoms with E-state index >= 15 is 0 Å². The molecule has 1 fully saturated rings. The number of nitrogens with one attached hydrogen (secondary N) is 3. The van der Waals surface area contributed by atoms with E-state index in [0.29, 0.717) is 21.8 Å². The summed E-state index contributed by atoms with van der Waals surface area (Å²) in [4.78, 5) is 23.1. The minimum absolute atomic E-state index is 0.544. The van der Waals surface area contributed by atoms with Crippen molar-refractivity contribution in [3.05, 3.63) is 71.6 Å². The molecule has 7 rings (SSSR count). The smallest absolute Gasteiger partial charge is 0.161 e. The number of allylic oxidation sites excluding steroid dienone is 1. The monoisotopic (exact) mass is 524 g/mol. The van der Waals surface area contributed by atoms with Crippen LogP contribution in [0.5, 0.6) is 0 Å². The average molecular weight is 525 g/mol. The highest BCUT2D eigenvalue weighted by Crippen LogP contribution is 2.36. The Morgan fingerprint density at radius 1 is 1.03 bits per heavy atom. The van der Waals surface area contributed by atoms with E-state index in [2.05, 4.69) is 43.1 Å². The maximum absolute atomic E-state index is 6.16. The molecule has 6 heterocycles. The molecule has 1 aliphatic carbocycles. The fourth-order valence-electron chi connectivity index (χ4n) is 4.59. The van der Waals surface area contributed by atoms with E-state index in [1.165, 1.54) is 30.6 Å². The zero-order chi connectivity index (χ0) is 24.9. The molecule has 10 heteroatoms. The van der Waals surface area contributed by atoms with Gasteiger partial charge in [-0.15, -0.1) is 11.3 Å². The minimum Gasteiger partial charge on any atom is -0.358 e. The molecule has 1 aliphatic rings. The molecule has 1 saturated carbocycles. The number of hydrogen-bond donors (Lipinski definition) is 3. The summed E-state index contributed by atoms with van der Waals surface area (Å²) in [6.45, 7) is 4.21. The lowest BCUT2D eigenvalue weighted by Gasteiger charge is -2.28. The molecule has 0 aliphatic heterocycles. The summed E-state index contributed by atoms with van der Waals surface area (Å²) in [5.41, 5.74) is 8.27. The van der Waals surface area contributed by atoms with Gasteiger partial charge < -0.3 is 10.3 Å². The van der Waals surface area contributed by atoms with Crippen molar-refractivity contribution in [2.75, 3.05) is 5.32 Å². The first-order valence-corrected chi connectivity index (χ1v) is 13.2. The van der Waals surface area contributed by atoms with Crippen molar-refractivity contribution in [1.29, 1.82) is 0 Å². The largest absolute Gasteiger partial charge is 0.358 e. The highest BCUT2D eigenvalue weighted by molar-refractivity contribution is 7.19. The molecule has 0 amide bonds. The van der Waals surface area contributed by atoms with E-state index in [-0.39, 0.29) is 0 Å². The van der Waals surface area contributed by atoms with Crippen LogP contribution in [0.1, 0.15) is 19.3 Å². The number of H-pyrrole nitrogens is 2. The molecule has 8 nitrogen and oxygen atoms in total. The van der Waals surface area contributed by atoms with Crippen LogP contribution >= 0.6 is 22.9 Å². The maximum Gasteiger partial charge on any atom is 0.161 e. The van der Waals surface area contributed by atoms with Gasteiger partial charge in [0.25, 0.3) is 0 Å². The van der Waals surface area contributed by atoms with E-state index < -0.39 is 0 Å². The van der Waals surface area contributed by atoms with Crippen molar-refractivity contribution in [3.63, 3.8) is 0 Å². The van der Waals surface area contributed by atoms with Gasteiger partial charge in [0.05, 0.1) is 37.8 Å². The predicted molar refractivity (Wildman–Crippen MR) is 148 cm³/mol. The van der Waals surface area contributed by atoms with Gasteiger partial charge in [-0.25, -0.2) is 9.97 Å². The fourth-order valence-corrected chi connectivity index (χ4v) is 5.63. The van der Waals surface area contributed by atoms with E-state index in [9.17, 15) is 0 Å². The van der Waals surface area contributed by atoms with E-state index in [1.54, 1.807) is 6.20 Å². The van der Waals surface area contributed by atoms with Crippen LogP contribution in [0.2, 0.25) is 4.34 Å². The highest BCUT2D eigenvalue weighted by Gasteiger charge is 2.21. The van der Waals surface area contributed by atoms with E-state index in [1.807, 2.05) is 42.7 Å². The third-order valence-electron chi connectivity index (χ3n) is 6.78. The Bertz CT molecular complexity index is 1790. The predicted octanol–water partition coefficient (Wildman–Crippen LogP) is 7.07. The van der Waals surface area contributed by atoms with Gasteiger partial charge in [0, 0.05) is 23.7 Å². The van der Waals surface area contributed by atoms with Gasteiger partial charge >= 0.3 is 0 Å². The van der Waals surface area contributed by atoms with Crippen LogP contribution in [0, 0.1) is 5.92 Å². The van der Waals surface area contributed by atoms with Crippen LogP contribution < -0.4 is 5.32 Å². The lowest BCUT2D eigenvalue weighted by molar-refractivity contribution is 0.371. The van der Waals surface area contributed by atoms with Gasteiger partial charge in [0.15, 0.2) is 11.5 Å². The Morgan fingerprint density at radius 2 is 1.92 bits per heavy atom. The number of aromatic nitrogens is 7. The van der Waals surface area contributed by atoms with Crippen LogP contribution in [0.4, 0.5) is 5.69 Å². The lowest BCUT2D eigenvalue weighted by atomic mass is 9.83. The second-order valence-corrected chi connectivity index (χ2v) is 10.9. The molecule has 182 valence electrons. The van der Waals surface area contributed by atoms with Gasteiger partial charge in [0.2, 0.25) is 0 Å². The molecular weight excluding hydrogens is 504 g/mol. The van der Waals surface area contributed by atoms with E-state index in [0.717, 1.165) is 55.3 Å². The molecular formula is C27H21ClN8S. The molecule has 0 spiro atoms. The summed E-state index contributed by atoms with van der Waals surface area (Å²) >= 11 is 7.64. The number of thiophene rings is 1. The molecule has 0 radical (unpaired) electrons. The zero-order valence-electron chi connectivity index (χ0n) is 19.6. The molecule has 0 aromatic carbocycles. The second kappa shape index (κ2) is 8.79. The standard InChI is InChI=1S/C27H21ClN8S/c1-14(15-3-2-4-15)31-17-11-16(12-29-13-17)18-5-6-20-24(32-18)26(36-35-20)27-33-19-9-10-30-25(23(19)34-27)21-7-8-22(28)37-21/h5-13,15,31H,1-4H2,(H,33,34)(H,35,36). The number of imidazole rings is 1. The second-order valence-electron chi connectivity index (χ2n) is 9.15. The molecule has 0 atom stereocenters. The van der Waals surface area contributed by atoms with Gasteiger partial charge in [-0.3, -0.25) is 15.1 Å². The summed E-state index contributed by atoms with van der Waals surface area (Å²) in [6, 6.07) is 11.7. The number of aromatic amines is 2. The number of hydrogen-bond acceptors (Lipinski definition) is 7. The van der Waals surface area contributed by atoms with Crippen molar-refractivity contribution in [1.82, 2.24) is 35.1 Å². The Kier molecular flexibility index (Phi) is 5.26. The molecule has 0 bridgehead atoms. The Labute approximate surface area is 220 Å². The molecule has 6 aromatic heterocycles. The number of anilines is 1. The van der Waals surface area contributed by atoms with Gasteiger partial charge in [-0.1, -0.05) is 24.6 Å². The maximum atomic E-state index is 6.16. The van der Waals surface area contributed by atoms with Crippen LogP contribution in [0.25, 0.3) is 55.4 Å². The van der Waals surface area contributed by atoms with Gasteiger partial charge in [-0.2, -0.15) is 5.10 Å². The van der Waals surface area contributed by atoms with Gasteiger partial charge in [-0.05, 0) is 55.2 Å². The zero-order valence-corrected chi connectivity index (χ0v) is 21.2. The number of rotatable bonds is 6. The SMILES string of the molecule is C=C(Nc1cncc(-c2ccc3[nH]nc(-c4nc5c(-c6ccc(Cl)s6)nccc5[nH]4)c3n2)c1)C1CCC1.